The first kappa shape index (κ1) is 25.9. The summed E-state index contributed by atoms with van der Waals surface area (Å²) in [5.74, 6) is 0.502. The Labute approximate surface area is 217 Å². The van der Waals surface area contributed by atoms with Crippen molar-refractivity contribution in [2.24, 2.45) is 0 Å². The number of hydrogen-bond donors (Lipinski definition) is 1. The van der Waals surface area contributed by atoms with Crippen molar-refractivity contribution < 1.29 is 23.8 Å². The minimum atomic E-state index is -1.07. The van der Waals surface area contributed by atoms with Crippen LogP contribution in [0, 0.1) is 6.92 Å². The van der Waals surface area contributed by atoms with Gasteiger partial charge in [0.2, 0.25) is 11.8 Å². The second-order valence-electron chi connectivity index (χ2n) is 8.97. The predicted octanol–water partition coefficient (Wildman–Crippen LogP) is 5.64. The van der Waals surface area contributed by atoms with Crippen LogP contribution in [0.1, 0.15) is 59.8 Å². The second-order valence-corrected chi connectivity index (χ2v) is 8.97. The molecular weight excluding hydrogens is 468 g/mol. The van der Waals surface area contributed by atoms with E-state index in [9.17, 15) is 14.7 Å². The third kappa shape index (κ3) is 6.55. The molecule has 37 heavy (non-hydrogen) atoms. The number of allylic oxidation sites excluding steroid dienone is 1. The number of carboxylic acid groups (broad SMARTS) is 1. The predicted molar refractivity (Wildman–Crippen MR) is 142 cm³/mol. The van der Waals surface area contributed by atoms with Crippen molar-refractivity contribution in [1.82, 2.24) is 9.88 Å². The molecule has 7 nitrogen and oxygen atoms in total. The highest BCUT2D eigenvalue weighted by molar-refractivity contribution is 5.95. The Balaban J connectivity index is 1.44. The number of nitrogens with zero attached hydrogens (tertiary/aromatic N) is 2. The van der Waals surface area contributed by atoms with Crippen molar-refractivity contribution in [2.45, 2.75) is 45.6 Å². The molecule has 0 radical (unpaired) electrons. The Morgan fingerprint density at radius 1 is 1.19 bits per heavy atom. The fourth-order valence-corrected chi connectivity index (χ4v) is 4.38. The first-order valence-corrected chi connectivity index (χ1v) is 12.6. The molecule has 2 aromatic carbocycles. The highest BCUT2D eigenvalue weighted by Crippen LogP contribution is 2.33. The van der Waals surface area contributed by atoms with Crippen LogP contribution in [-0.4, -0.2) is 40.0 Å². The van der Waals surface area contributed by atoms with Gasteiger partial charge in [-0.3, -0.25) is 4.79 Å². The average Bonchev–Trinajstić information content (AvgIpc) is 3.26. The SMILES string of the molecule is CCCC=Cc1nc(CCOc2ccc3c(c2)C(C(=O)O)N(C(=O)/C=C/c2ccccc2)CC3)c(C)o1. The molecule has 3 aromatic rings. The van der Waals surface area contributed by atoms with Gasteiger partial charge in [0.25, 0.3) is 0 Å². The molecule has 1 atom stereocenters. The number of hydrogen-bond acceptors (Lipinski definition) is 5. The third-order valence-electron chi connectivity index (χ3n) is 6.31. The number of aromatic nitrogens is 1. The van der Waals surface area contributed by atoms with Crippen LogP contribution >= 0.6 is 0 Å². The van der Waals surface area contributed by atoms with E-state index in [1.165, 1.54) is 11.0 Å². The standard InChI is InChI=1S/C30H32N2O5/c1-3-4-6-11-27-31-26(21(2)37-27)17-19-36-24-14-13-23-16-18-32(29(30(34)35)25(23)20-24)28(33)15-12-22-9-7-5-8-10-22/h5-15,20,29H,3-4,16-19H2,1-2H3,(H,34,35)/b11-6?,15-12+. The maximum atomic E-state index is 13.0. The molecule has 0 aliphatic carbocycles. The van der Waals surface area contributed by atoms with Gasteiger partial charge in [-0.2, -0.15) is 0 Å². The lowest BCUT2D eigenvalue weighted by Gasteiger charge is -2.34. The first-order valence-electron chi connectivity index (χ1n) is 12.6. The number of aliphatic carboxylic acids is 1. The molecule has 2 heterocycles. The summed E-state index contributed by atoms with van der Waals surface area (Å²) in [5.41, 5.74) is 3.20. The van der Waals surface area contributed by atoms with E-state index in [0.717, 1.165) is 35.4 Å². The zero-order valence-corrected chi connectivity index (χ0v) is 21.2. The molecule has 0 saturated carbocycles. The number of oxazole rings is 1. The van der Waals surface area contributed by atoms with Crippen LogP contribution in [0.5, 0.6) is 5.75 Å². The highest BCUT2D eigenvalue weighted by Gasteiger charge is 2.35. The van der Waals surface area contributed by atoms with Gasteiger partial charge in [0.15, 0.2) is 6.04 Å². The monoisotopic (exact) mass is 500 g/mol. The molecule has 4 rings (SSSR count). The van der Waals surface area contributed by atoms with Crippen molar-refractivity contribution in [3.05, 3.63) is 94.7 Å². The van der Waals surface area contributed by atoms with E-state index in [-0.39, 0.29) is 5.91 Å². The molecule has 0 spiro atoms. The lowest BCUT2D eigenvalue weighted by atomic mass is 9.92. The van der Waals surface area contributed by atoms with Crippen LogP contribution in [0.25, 0.3) is 12.2 Å². The van der Waals surface area contributed by atoms with Gasteiger partial charge in [0.05, 0.1) is 12.3 Å². The number of benzene rings is 2. The maximum Gasteiger partial charge on any atom is 0.331 e. The average molecular weight is 501 g/mol. The summed E-state index contributed by atoms with van der Waals surface area (Å²) in [6, 6.07) is 13.8. The van der Waals surface area contributed by atoms with Gasteiger partial charge in [-0.05, 0) is 60.7 Å². The van der Waals surface area contributed by atoms with Crippen molar-refractivity contribution >= 4 is 24.0 Å². The summed E-state index contributed by atoms with van der Waals surface area (Å²) < 4.78 is 11.7. The van der Waals surface area contributed by atoms with Gasteiger partial charge in [0, 0.05) is 19.0 Å². The van der Waals surface area contributed by atoms with E-state index >= 15 is 0 Å². The van der Waals surface area contributed by atoms with Gasteiger partial charge in [-0.1, -0.05) is 55.8 Å². The molecule has 1 amide bonds. The Bertz CT molecular complexity index is 1290. The molecule has 1 aromatic heterocycles. The summed E-state index contributed by atoms with van der Waals surface area (Å²) in [5, 5.41) is 10.0. The molecule has 192 valence electrons. The lowest BCUT2D eigenvalue weighted by molar-refractivity contribution is -0.149. The van der Waals surface area contributed by atoms with E-state index in [2.05, 4.69) is 11.9 Å². The first-order chi connectivity index (χ1) is 18.0. The molecule has 1 N–H and O–H groups in total. The normalized spacial score (nSPS) is 15.3. The van der Waals surface area contributed by atoms with E-state index in [1.54, 1.807) is 12.1 Å². The van der Waals surface area contributed by atoms with E-state index in [4.69, 9.17) is 9.15 Å². The number of unbranched alkanes of at least 4 members (excludes halogenated alkanes) is 1. The zero-order valence-electron chi connectivity index (χ0n) is 21.2. The minimum absolute atomic E-state index is 0.335. The van der Waals surface area contributed by atoms with E-state index in [1.807, 2.05) is 61.5 Å². The molecular formula is C30H32N2O5. The summed E-state index contributed by atoms with van der Waals surface area (Å²) >= 11 is 0. The number of carbonyl (C=O) groups excluding carboxylic acids is 1. The van der Waals surface area contributed by atoms with Crippen molar-refractivity contribution in [1.29, 1.82) is 0 Å². The quantitative estimate of drug-likeness (QED) is 0.362. The molecule has 0 saturated heterocycles. The number of carboxylic acids is 1. The molecule has 7 heteroatoms. The van der Waals surface area contributed by atoms with Crippen LogP contribution in [0.2, 0.25) is 0 Å². The number of fused-ring (bicyclic) bond motifs is 1. The van der Waals surface area contributed by atoms with Crippen LogP contribution < -0.4 is 4.74 Å². The van der Waals surface area contributed by atoms with Crippen molar-refractivity contribution in [3.63, 3.8) is 0 Å². The molecule has 1 aliphatic heterocycles. The second kappa shape index (κ2) is 12.2. The summed E-state index contributed by atoms with van der Waals surface area (Å²) in [6.45, 7) is 4.70. The van der Waals surface area contributed by atoms with Crippen LogP contribution in [0.4, 0.5) is 0 Å². The number of rotatable bonds is 10. The maximum absolute atomic E-state index is 13.0. The molecule has 1 aliphatic rings. The fraction of sp³-hybridized carbons (Fsp3) is 0.300. The Morgan fingerprint density at radius 3 is 2.76 bits per heavy atom. The van der Waals surface area contributed by atoms with Gasteiger partial charge in [0.1, 0.15) is 11.5 Å². The van der Waals surface area contributed by atoms with E-state index in [0.29, 0.717) is 43.2 Å². The van der Waals surface area contributed by atoms with Gasteiger partial charge < -0.3 is 19.2 Å². The Morgan fingerprint density at radius 2 is 2.00 bits per heavy atom. The Hall–Kier alpha value is -4.13. The number of aryl methyl sites for hydroxylation is 1. The van der Waals surface area contributed by atoms with Crippen LogP contribution in [-0.2, 0) is 22.4 Å². The summed E-state index contributed by atoms with van der Waals surface area (Å²) in [4.78, 5) is 31.1. The number of carbonyl (C=O) groups is 2. The van der Waals surface area contributed by atoms with Gasteiger partial charge in [-0.25, -0.2) is 9.78 Å². The zero-order chi connectivity index (χ0) is 26.2. The highest BCUT2D eigenvalue weighted by atomic mass is 16.5. The summed E-state index contributed by atoms with van der Waals surface area (Å²) in [6.07, 6.45) is 10.2. The number of amides is 1. The van der Waals surface area contributed by atoms with Gasteiger partial charge >= 0.3 is 5.97 Å². The summed E-state index contributed by atoms with van der Waals surface area (Å²) in [7, 11) is 0. The fourth-order valence-electron chi connectivity index (χ4n) is 4.38. The van der Waals surface area contributed by atoms with E-state index < -0.39 is 12.0 Å². The largest absolute Gasteiger partial charge is 0.493 e. The van der Waals surface area contributed by atoms with Crippen LogP contribution in [0.15, 0.2) is 65.1 Å². The third-order valence-corrected chi connectivity index (χ3v) is 6.31. The lowest BCUT2D eigenvalue weighted by Crippen LogP contribution is -2.42. The Kier molecular flexibility index (Phi) is 8.56. The van der Waals surface area contributed by atoms with Gasteiger partial charge in [-0.15, -0.1) is 0 Å². The van der Waals surface area contributed by atoms with Crippen molar-refractivity contribution in [2.75, 3.05) is 13.2 Å². The smallest absolute Gasteiger partial charge is 0.331 e. The number of ether oxygens (including phenoxy) is 1. The topological polar surface area (TPSA) is 92.9 Å². The molecule has 1 unspecified atom stereocenters. The molecule has 0 fully saturated rings. The van der Waals surface area contributed by atoms with Crippen LogP contribution in [0.3, 0.4) is 0 Å². The van der Waals surface area contributed by atoms with Crippen molar-refractivity contribution in [3.8, 4) is 5.75 Å². The minimum Gasteiger partial charge on any atom is -0.493 e. The molecule has 0 bridgehead atoms.